The highest BCUT2D eigenvalue weighted by Gasteiger charge is 1.87. The van der Waals surface area contributed by atoms with Gasteiger partial charge in [-0.3, -0.25) is 4.98 Å². The molecule has 0 bridgehead atoms. The fraction of sp³-hybridized carbons (Fsp3) is 0. The van der Waals surface area contributed by atoms with Gasteiger partial charge in [0, 0.05) is 11.8 Å². The second kappa shape index (κ2) is 2.27. The van der Waals surface area contributed by atoms with E-state index in [0.717, 1.165) is 0 Å². The Balaban J connectivity index is 3.06. The molecule has 0 unspecified atom stereocenters. The van der Waals surface area contributed by atoms with Gasteiger partial charge < -0.3 is 0 Å². The normalized spacial score (nSPS) is 8.33. The predicted octanol–water partition coefficient (Wildman–Crippen LogP) is -0.858. The number of aromatic nitrogens is 2. The molecule has 0 aliphatic carbocycles. The van der Waals surface area contributed by atoms with Crippen LogP contribution in [0.2, 0.25) is 0 Å². The molecule has 0 N–H and O–H groups in total. The van der Waals surface area contributed by atoms with Gasteiger partial charge in [0.25, 0.3) is 0 Å². The van der Waals surface area contributed by atoms with Crippen molar-refractivity contribution < 1.29 is 0 Å². The van der Waals surface area contributed by atoms with Crippen molar-refractivity contribution in [3.8, 4) is 6.07 Å². The topological polar surface area (TPSA) is 49.6 Å². The zero-order valence-electron chi connectivity index (χ0n) is 4.57. The molecule has 1 aromatic heterocycles. The Hall–Kier alpha value is -1.37. The number of rotatable bonds is 0. The maximum Gasteiger partial charge on any atom is 0.158 e. The molecule has 0 fully saturated rings. The smallest absolute Gasteiger partial charge is 0.158 e. The first-order valence-corrected chi connectivity index (χ1v) is 2.30. The van der Waals surface area contributed by atoms with Crippen LogP contribution in [0, 0.1) is 11.3 Å². The van der Waals surface area contributed by atoms with Gasteiger partial charge in [-0.1, -0.05) is 0 Å². The Morgan fingerprint density at radius 3 is 2.67 bits per heavy atom. The molecule has 0 spiro atoms. The molecular formula is C5H2BN3. The van der Waals surface area contributed by atoms with Crippen molar-refractivity contribution in [1.29, 1.82) is 5.26 Å². The molecule has 4 heteroatoms. The minimum atomic E-state index is 0.282. The monoisotopic (exact) mass is 115 g/mol. The van der Waals surface area contributed by atoms with E-state index >= 15 is 0 Å². The predicted molar refractivity (Wildman–Crippen MR) is 32.1 cm³/mol. The molecule has 1 rings (SSSR count). The molecule has 0 saturated heterocycles. The summed E-state index contributed by atoms with van der Waals surface area (Å²) in [7, 11) is 5.20. The second-order valence-corrected chi connectivity index (χ2v) is 1.44. The first kappa shape index (κ1) is 5.77. The van der Waals surface area contributed by atoms with Gasteiger partial charge >= 0.3 is 0 Å². The minimum absolute atomic E-state index is 0.282. The molecule has 0 amide bonds. The summed E-state index contributed by atoms with van der Waals surface area (Å²) < 4.78 is 0. The lowest BCUT2D eigenvalue weighted by Gasteiger charge is -1.87. The van der Waals surface area contributed by atoms with Crippen molar-refractivity contribution >= 4 is 13.4 Å². The highest BCUT2D eigenvalue weighted by molar-refractivity contribution is 6.30. The van der Waals surface area contributed by atoms with Crippen LogP contribution in [0.15, 0.2) is 12.4 Å². The summed E-state index contributed by atoms with van der Waals surface area (Å²) in [6.07, 6.45) is 2.67. The molecule has 2 radical (unpaired) electrons. The van der Waals surface area contributed by atoms with Crippen LogP contribution in [0.3, 0.4) is 0 Å². The molecular weight excluding hydrogens is 113 g/mol. The van der Waals surface area contributed by atoms with E-state index in [4.69, 9.17) is 13.1 Å². The van der Waals surface area contributed by atoms with Crippen molar-refractivity contribution in [2.45, 2.75) is 0 Å². The molecule has 0 aliphatic rings. The van der Waals surface area contributed by atoms with Crippen LogP contribution in [0.25, 0.3) is 0 Å². The highest BCUT2D eigenvalue weighted by Crippen LogP contribution is 1.80. The number of hydrogen-bond donors (Lipinski definition) is 0. The average molecular weight is 115 g/mol. The summed E-state index contributed by atoms with van der Waals surface area (Å²) in [6, 6.07) is 1.82. The molecule has 0 aliphatic heterocycles. The Labute approximate surface area is 53.8 Å². The Kier molecular flexibility index (Phi) is 1.45. The quantitative estimate of drug-likeness (QED) is 0.413. The maximum absolute atomic E-state index is 8.24. The largest absolute Gasteiger partial charge is 0.268 e. The fourth-order valence-corrected chi connectivity index (χ4v) is 0.396. The van der Waals surface area contributed by atoms with Gasteiger partial charge in [-0.25, -0.2) is 4.98 Å². The van der Waals surface area contributed by atoms with Gasteiger partial charge in [-0.05, 0) is 0 Å². The van der Waals surface area contributed by atoms with Gasteiger partial charge in [-0.15, -0.1) is 0 Å². The lowest BCUT2D eigenvalue weighted by atomic mass is 10.1. The number of hydrogen-bond acceptors (Lipinski definition) is 3. The molecule has 0 saturated carbocycles. The third-order valence-corrected chi connectivity index (χ3v) is 0.786. The SMILES string of the molecule is [B]c1cnc(C#N)cn1. The zero-order valence-corrected chi connectivity index (χ0v) is 4.57. The molecule has 40 valence electrons. The summed E-state index contributed by atoms with van der Waals surface area (Å²) in [5.74, 6) is 0. The molecule has 3 nitrogen and oxygen atoms in total. The minimum Gasteiger partial charge on any atom is -0.268 e. The molecule has 1 aromatic rings. The van der Waals surface area contributed by atoms with Crippen LogP contribution in [0.5, 0.6) is 0 Å². The van der Waals surface area contributed by atoms with E-state index in [1.807, 2.05) is 6.07 Å². The highest BCUT2D eigenvalue weighted by atomic mass is 14.8. The van der Waals surface area contributed by atoms with E-state index in [9.17, 15) is 0 Å². The molecule has 1 heterocycles. The second-order valence-electron chi connectivity index (χ2n) is 1.44. The van der Waals surface area contributed by atoms with Gasteiger partial charge in [0.05, 0.1) is 6.20 Å². The summed E-state index contributed by atoms with van der Waals surface area (Å²) in [6.45, 7) is 0. The average Bonchev–Trinajstić information content (AvgIpc) is 1.90. The first-order chi connectivity index (χ1) is 4.33. The van der Waals surface area contributed by atoms with E-state index in [1.54, 1.807) is 0 Å². The van der Waals surface area contributed by atoms with E-state index in [0.29, 0.717) is 5.59 Å². The van der Waals surface area contributed by atoms with Crippen LogP contribution in [-0.2, 0) is 0 Å². The van der Waals surface area contributed by atoms with Crippen LogP contribution in [0.4, 0.5) is 0 Å². The van der Waals surface area contributed by atoms with Crippen molar-refractivity contribution in [3.05, 3.63) is 18.1 Å². The van der Waals surface area contributed by atoms with Crippen molar-refractivity contribution in [3.63, 3.8) is 0 Å². The Morgan fingerprint density at radius 2 is 2.22 bits per heavy atom. The lowest BCUT2D eigenvalue weighted by Crippen LogP contribution is -2.08. The van der Waals surface area contributed by atoms with Crippen molar-refractivity contribution in [1.82, 2.24) is 9.97 Å². The molecule has 0 aromatic carbocycles. The van der Waals surface area contributed by atoms with E-state index in [2.05, 4.69) is 9.97 Å². The molecule has 9 heavy (non-hydrogen) atoms. The summed E-state index contributed by atoms with van der Waals surface area (Å²) in [5.41, 5.74) is 0.609. The third kappa shape index (κ3) is 1.26. The maximum atomic E-state index is 8.24. The number of nitrogens with zero attached hydrogens (tertiary/aromatic N) is 3. The lowest BCUT2D eigenvalue weighted by molar-refractivity contribution is 1.20. The van der Waals surface area contributed by atoms with Crippen LogP contribution in [-0.4, -0.2) is 17.8 Å². The summed E-state index contributed by atoms with van der Waals surface area (Å²) in [5, 5.41) is 8.24. The van der Waals surface area contributed by atoms with Gasteiger partial charge in [-0.2, -0.15) is 5.26 Å². The third-order valence-electron chi connectivity index (χ3n) is 0.786. The van der Waals surface area contributed by atoms with Crippen molar-refractivity contribution in [2.24, 2.45) is 0 Å². The van der Waals surface area contributed by atoms with Crippen LogP contribution < -0.4 is 5.59 Å². The van der Waals surface area contributed by atoms with E-state index < -0.39 is 0 Å². The van der Waals surface area contributed by atoms with Gasteiger partial charge in [0.15, 0.2) is 5.69 Å². The zero-order chi connectivity index (χ0) is 6.69. The van der Waals surface area contributed by atoms with E-state index in [1.165, 1.54) is 12.4 Å². The first-order valence-electron chi connectivity index (χ1n) is 2.30. The van der Waals surface area contributed by atoms with Gasteiger partial charge in [0.2, 0.25) is 0 Å². The summed E-state index contributed by atoms with van der Waals surface area (Å²) in [4.78, 5) is 7.29. The fourth-order valence-electron chi connectivity index (χ4n) is 0.396. The standard InChI is InChI=1S/C5H2BN3/c6-5-3-8-4(1-7)2-9-5/h2-3H. The van der Waals surface area contributed by atoms with E-state index in [-0.39, 0.29) is 5.69 Å². The van der Waals surface area contributed by atoms with Crippen LogP contribution in [0.1, 0.15) is 5.69 Å². The summed E-state index contributed by atoms with van der Waals surface area (Å²) >= 11 is 0. The Bertz CT molecular complexity index is 235. The van der Waals surface area contributed by atoms with Crippen LogP contribution >= 0.6 is 0 Å². The van der Waals surface area contributed by atoms with Gasteiger partial charge in [0.1, 0.15) is 13.9 Å². The van der Waals surface area contributed by atoms with Crippen molar-refractivity contribution in [2.75, 3.05) is 0 Å². The Morgan fingerprint density at radius 1 is 1.44 bits per heavy atom. The molecule has 0 atom stereocenters. The number of nitriles is 1.